The van der Waals surface area contributed by atoms with Crippen molar-refractivity contribution in [1.82, 2.24) is 0 Å². The summed E-state index contributed by atoms with van der Waals surface area (Å²) in [5.74, 6) is 4.14. The molecule has 0 N–H and O–H groups in total. The van der Waals surface area contributed by atoms with E-state index in [2.05, 4.69) is 15.6 Å². The Morgan fingerprint density at radius 1 is 1.25 bits per heavy atom. The predicted molar refractivity (Wildman–Crippen MR) is 33.4 cm³/mol. The van der Waals surface area contributed by atoms with Crippen molar-refractivity contribution in [3.63, 3.8) is 0 Å². The average molecular weight is 176 g/mol. The number of nitrogens with zero attached hydrogens (tertiary/aromatic N) is 2. The van der Waals surface area contributed by atoms with Crippen molar-refractivity contribution < 1.29 is 19.8 Å². The Bertz CT molecular complexity index is 224. The van der Waals surface area contributed by atoms with Gasteiger partial charge in [-0.1, -0.05) is 0 Å². The van der Waals surface area contributed by atoms with E-state index in [0.29, 0.717) is 0 Å². The Morgan fingerprint density at radius 2 is 1.67 bits per heavy atom. The molecular weight excluding hydrogens is 172 g/mol. The normalized spacial score (nSPS) is 8.17. The molecule has 0 fully saturated rings. The lowest BCUT2D eigenvalue weighted by atomic mass is 10.6. The molecule has 0 heterocycles. The monoisotopic (exact) mass is 176 g/mol. The van der Waals surface area contributed by atoms with Crippen LogP contribution >= 0.6 is 0 Å². The summed E-state index contributed by atoms with van der Waals surface area (Å²) in [6, 6.07) is 0. The second-order valence-corrected chi connectivity index (χ2v) is 1.38. The van der Waals surface area contributed by atoms with Gasteiger partial charge in [0, 0.05) is 0 Å². The Labute approximate surface area is 66.3 Å². The van der Waals surface area contributed by atoms with Gasteiger partial charge in [-0.25, -0.2) is 0 Å². The molecule has 8 heteroatoms. The molecule has 8 nitrogen and oxygen atoms in total. The third kappa shape index (κ3) is 4.80. The molecule has 0 saturated heterocycles. The average Bonchev–Trinajstić information content (AvgIpc) is 1.84. The van der Waals surface area contributed by atoms with E-state index < -0.39 is 16.5 Å². The van der Waals surface area contributed by atoms with Crippen molar-refractivity contribution in [1.29, 1.82) is 0 Å². The zero-order valence-corrected chi connectivity index (χ0v) is 5.92. The second kappa shape index (κ2) is 4.73. The molecule has 0 aromatic carbocycles. The predicted octanol–water partition coefficient (Wildman–Crippen LogP) is -0.248. The highest BCUT2D eigenvalue weighted by Gasteiger charge is 2.13. The summed E-state index contributed by atoms with van der Waals surface area (Å²) in [5.41, 5.74) is 0. The third-order valence-corrected chi connectivity index (χ3v) is 0.626. The molecule has 66 valence electrons. The van der Waals surface area contributed by atoms with Crippen molar-refractivity contribution in [3.05, 3.63) is 20.2 Å². The summed E-state index contributed by atoms with van der Waals surface area (Å²) in [5, 5.41) is 16.9. The summed E-state index contributed by atoms with van der Waals surface area (Å²) >= 11 is 0. The molecule has 0 radical (unpaired) electrons. The van der Waals surface area contributed by atoms with Crippen LogP contribution in [0.3, 0.4) is 0 Å². The summed E-state index contributed by atoms with van der Waals surface area (Å²) in [7, 11) is 0. The minimum atomic E-state index is -1.78. The lowest BCUT2D eigenvalue weighted by molar-refractivity contribution is -0.844. The van der Waals surface area contributed by atoms with Crippen molar-refractivity contribution in [3.8, 4) is 11.8 Å². The van der Waals surface area contributed by atoms with Gasteiger partial charge in [0.15, 0.2) is 0 Å². The fraction of sp³-hybridized carbons (Fsp3) is 0.500. The maximum Gasteiger partial charge on any atom is 0.314 e. The van der Waals surface area contributed by atoms with Gasteiger partial charge < -0.3 is 0 Å². The minimum Gasteiger partial charge on any atom is -0.269 e. The fourth-order valence-corrected chi connectivity index (χ4v) is 0.346. The van der Waals surface area contributed by atoms with Crippen LogP contribution in [0.5, 0.6) is 0 Å². The number of hydrogen-bond acceptors (Lipinski definition) is 6. The lowest BCUT2D eigenvalue weighted by Crippen LogP contribution is -2.21. The highest BCUT2D eigenvalue weighted by molar-refractivity contribution is 4.97. The van der Waals surface area contributed by atoms with Gasteiger partial charge in [0.05, 0.1) is 0 Å². The van der Waals surface area contributed by atoms with E-state index in [-0.39, 0.29) is 0 Å². The summed E-state index contributed by atoms with van der Waals surface area (Å²) in [6.45, 7) is 1.33. The van der Waals surface area contributed by atoms with Crippen molar-refractivity contribution >= 4 is 0 Å². The molecule has 0 rings (SSSR count). The smallest absolute Gasteiger partial charge is 0.269 e. The summed E-state index contributed by atoms with van der Waals surface area (Å²) in [6.07, 6.45) is -1.78. The highest BCUT2D eigenvalue weighted by Crippen LogP contribution is 1.93. The van der Waals surface area contributed by atoms with Crippen LogP contribution in [0.2, 0.25) is 0 Å². The quantitative estimate of drug-likeness (QED) is 0.253. The standard InChI is InChI=1S/C4H4N2O6/c1-2-3-4(11-5(7)8)12-6(9)10/h4H,1H3. The molecule has 0 saturated carbocycles. The molecule has 0 spiro atoms. The zero-order valence-electron chi connectivity index (χ0n) is 5.92. The molecule has 0 amide bonds. The SMILES string of the molecule is CC#CC(O[N+](=O)[O-])O[N+](=O)[O-]. The topological polar surface area (TPSA) is 105 Å². The van der Waals surface area contributed by atoms with Gasteiger partial charge in [0.2, 0.25) is 0 Å². The highest BCUT2D eigenvalue weighted by atomic mass is 17.0. The maximum atomic E-state index is 9.68. The molecular formula is C4H4N2O6. The van der Waals surface area contributed by atoms with Crippen molar-refractivity contribution in [2.45, 2.75) is 13.2 Å². The summed E-state index contributed by atoms with van der Waals surface area (Å²) < 4.78 is 0. The fourth-order valence-electron chi connectivity index (χ4n) is 0.346. The van der Waals surface area contributed by atoms with E-state index in [4.69, 9.17) is 0 Å². The van der Waals surface area contributed by atoms with Crippen LogP contribution < -0.4 is 0 Å². The molecule has 0 aromatic rings. The Morgan fingerprint density at radius 3 is 1.92 bits per heavy atom. The molecule has 0 bridgehead atoms. The minimum absolute atomic E-state index is 1.22. The van der Waals surface area contributed by atoms with Crippen LogP contribution in [0.4, 0.5) is 0 Å². The first-order valence-corrected chi connectivity index (χ1v) is 2.61. The van der Waals surface area contributed by atoms with Gasteiger partial charge in [-0.05, 0) is 12.8 Å². The lowest BCUT2D eigenvalue weighted by Gasteiger charge is -2.03. The number of rotatable bonds is 4. The van der Waals surface area contributed by atoms with E-state index >= 15 is 0 Å². The zero-order chi connectivity index (χ0) is 9.56. The first-order chi connectivity index (χ1) is 5.56. The summed E-state index contributed by atoms with van der Waals surface area (Å²) in [4.78, 5) is 26.7. The molecule has 0 unspecified atom stereocenters. The Hall–Kier alpha value is -2.04. The van der Waals surface area contributed by atoms with Crippen LogP contribution in [-0.4, -0.2) is 16.5 Å². The molecule has 12 heavy (non-hydrogen) atoms. The van der Waals surface area contributed by atoms with E-state index in [0.717, 1.165) is 0 Å². The molecule has 0 aliphatic rings. The van der Waals surface area contributed by atoms with Gasteiger partial charge in [0.25, 0.3) is 10.2 Å². The van der Waals surface area contributed by atoms with Crippen LogP contribution in [0.15, 0.2) is 0 Å². The van der Waals surface area contributed by atoms with Crippen LogP contribution in [0.25, 0.3) is 0 Å². The first kappa shape index (κ1) is 9.96. The molecule has 0 aliphatic carbocycles. The van der Waals surface area contributed by atoms with Gasteiger partial charge in [-0.15, -0.1) is 26.1 Å². The number of hydrogen-bond donors (Lipinski definition) is 0. The van der Waals surface area contributed by atoms with Gasteiger partial charge in [-0.3, -0.25) is 9.68 Å². The van der Waals surface area contributed by atoms with E-state index in [1.807, 2.05) is 5.92 Å². The van der Waals surface area contributed by atoms with Gasteiger partial charge in [-0.2, -0.15) is 0 Å². The van der Waals surface area contributed by atoms with Crippen LogP contribution in [0, 0.1) is 32.1 Å². The van der Waals surface area contributed by atoms with E-state index in [9.17, 15) is 20.2 Å². The molecule has 0 aliphatic heterocycles. The van der Waals surface area contributed by atoms with Crippen molar-refractivity contribution in [2.24, 2.45) is 0 Å². The van der Waals surface area contributed by atoms with Crippen LogP contribution in [0.1, 0.15) is 6.92 Å². The van der Waals surface area contributed by atoms with Gasteiger partial charge >= 0.3 is 6.29 Å². The van der Waals surface area contributed by atoms with Crippen LogP contribution in [-0.2, 0) is 9.68 Å². The molecule has 0 atom stereocenters. The maximum absolute atomic E-state index is 9.68. The molecule has 0 aromatic heterocycles. The first-order valence-electron chi connectivity index (χ1n) is 2.61. The third-order valence-electron chi connectivity index (χ3n) is 0.626. The van der Waals surface area contributed by atoms with E-state index in [1.165, 1.54) is 6.92 Å². The van der Waals surface area contributed by atoms with Gasteiger partial charge in [0.1, 0.15) is 0 Å². The van der Waals surface area contributed by atoms with Crippen molar-refractivity contribution in [2.75, 3.05) is 0 Å². The second-order valence-electron chi connectivity index (χ2n) is 1.38. The van der Waals surface area contributed by atoms with E-state index in [1.54, 1.807) is 0 Å². The Balaban J connectivity index is 4.10. The largest absolute Gasteiger partial charge is 0.314 e. The Kier molecular flexibility index (Phi) is 3.92.